The number of hydrogen-bond acceptors (Lipinski definition) is 4. The number of halogens is 1. The van der Waals surface area contributed by atoms with Crippen molar-refractivity contribution in [3.05, 3.63) is 145 Å². The van der Waals surface area contributed by atoms with Gasteiger partial charge in [0.15, 0.2) is 0 Å². The van der Waals surface area contributed by atoms with Gasteiger partial charge in [0.05, 0.1) is 26.1 Å². The molecule has 0 bridgehead atoms. The van der Waals surface area contributed by atoms with E-state index < -0.39 is 0 Å². The number of allylic oxidation sites excluding steroid dienone is 4. The van der Waals surface area contributed by atoms with E-state index in [2.05, 4.69) is 97.1 Å². The minimum absolute atomic E-state index is 0. The molecule has 0 aromatic heterocycles. The SMILES string of the molecule is COC(=O)[C@@H](c1ccc(-c2ccccc2)cc1)[C@H]1C=CCCC1.COC(=O)[C@@H](c1ccc(-c2ccccc2)cc1)[C@H]1C=CCCC1.Cl. The summed E-state index contributed by atoms with van der Waals surface area (Å²) in [7, 11) is 2.94. The summed E-state index contributed by atoms with van der Waals surface area (Å²) in [4.78, 5) is 24.6. The summed E-state index contributed by atoms with van der Waals surface area (Å²) < 4.78 is 10.1. The predicted octanol–water partition coefficient (Wildman–Crippen LogP) is 10.4. The van der Waals surface area contributed by atoms with Crippen molar-refractivity contribution < 1.29 is 19.1 Å². The molecule has 6 rings (SSSR count). The number of ether oxygens (including phenoxy) is 2. The topological polar surface area (TPSA) is 52.6 Å². The predicted molar refractivity (Wildman–Crippen MR) is 193 cm³/mol. The Kier molecular flexibility index (Phi) is 13.6. The molecule has 0 saturated heterocycles. The molecule has 0 fully saturated rings. The van der Waals surface area contributed by atoms with Gasteiger partial charge in [0, 0.05) is 0 Å². The lowest BCUT2D eigenvalue weighted by molar-refractivity contribution is -0.144. The van der Waals surface area contributed by atoms with Crippen LogP contribution >= 0.6 is 12.4 Å². The van der Waals surface area contributed by atoms with Crippen LogP contribution in [0.4, 0.5) is 0 Å². The van der Waals surface area contributed by atoms with Crippen LogP contribution in [-0.2, 0) is 19.1 Å². The van der Waals surface area contributed by atoms with Crippen molar-refractivity contribution in [3.8, 4) is 22.3 Å². The quantitative estimate of drug-likeness (QED) is 0.141. The second kappa shape index (κ2) is 18.1. The summed E-state index contributed by atoms with van der Waals surface area (Å²) in [5.41, 5.74) is 6.77. The Balaban J connectivity index is 0.000000208. The monoisotopic (exact) mass is 648 g/mol. The van der Waals surface area contributed by atoms with Gasteiger partial charge in [-0.25, -0.2) is 0 Å². The molecular weight excluding hydrogens is 604 g/mol. The molecule has 4 atom stereocenters. The Morgan fingerprint density at radius 1 is 0.532 bits per heavy atom. The van der Waals surface area contributed by atoms with Crippen LogP contribution in [0, 0.1) is 11.8 Å². The number of methoxy groups -OCH3 is 2. The minimum Gasteiger partial charge on any atom is -0.469 e. The first-order chi connectivity index (χ1) is 22.6. The Morgan fingerprint density at radius 2 is 0.872 bits per heavy atom. The Morgan fingerprint density at radius 3 is 1.17 bits per heavy atom. The van der Waals surface area contributed by atoms with Crippen molar-refractivity contribution >= 4 is 24.3 Å². The molecule has 244 valence electrons. The lowest BCUT2D eigenvalue weighted by atomic mass is 9.80. The van der Waals surface area contributed by atoms with Crippen molar-refractivity contribution in [2.75, 3.05) is 14.2 Å². The number of esters is 2. The molecule has 0 aliphatic heterocycles. The molecule has 0 spiro atoms. The van der Waals surface area contributed by atoms with Crippen LogP contribution in [0.1, 0.15) is 61.5 Å². The van der Waals surface area contributed by atoms with Crippen LogP contribution in [0.5, 0.6) is 0 Å². The average molecular weight is 649 g/mol. The van der Waals surface area contributed by atoms with Gasteiger partial charge in [0.2, 0.25) is 0 Å². The Hall–Kier alpha value is -4.41. The molecule has 0 heterocycles. The van der Waals surface area contributed by atoms with E-state index in [0.717, 1.165) is 60.8 Å². The number of carbonyl (C=O) groups is 2. The molecule has 0 saturated carbocycles. The fraction of sp³-hybridized carbons (Fsp3) is 0.286. The molecule has 2 aliphatic rings. The van der Waals surface area contributed by atoms with Crippen molar-refractivity contribution in [2.24, 2.45) is 11.8 Å². The van der Waals surface area contributed by atoms with Gasteiger partial charge in [-0.05, 0) is 83.7 Å². The van der Waals surface area contributed by atoms with Crippen LogP contribution in [-0.4, -0.2) is 26.2 Å². The number of hydrogen-bond donors (Lipinski definition) is 0. The summed E-state index contributed by atoms with van der Waals surface area (Å²) in [6, 6.07) is 37.2. The van der Waals surface area contributed by atoms with Gasteiger partial charge in [-0.1, -0.05) is 133 Å². The first kappa shape index (κ1) is 35.4. The lowest BCUT2D eigenvalue weighted by Gasteiger charge is -2.25. The van der Waals surface area contributed by atoms with Crippen molar-refractivity contribution in [3.63, 3.8) is 0 Å². The summed E-state index contributed by atoms with van der Waals surface area (Å²) in [6.45, 7) is 0. The van der Waals surface area contributed by atoms with E-state index in [1.807, 2.05) is 36.4 Å². The zero-order valence-electron chi connectivity index (χ0n) is 27.3. The summed E-state index contributed by atoms with van der Waals surface area (Å²) in [5, 5.41) is 0. The van der Waals surface area contributed by atoms with Gasteiger partial charge >= 0.3 is 11.9 Å². The van der Waals surface area contributed by atoms with E-state index in [-0.39, 0.29) is 48.0 Å². The van der Waals surface area contributed by atoms with Gasteiger partial charge in [0.25, 0.3) is 0 Å². The first-order valence-electron chi connectivity index (χ1n) is 16.4. The summed E-state index contributed by atoms with van der Waals surface area (Å²) >= 11 is 0. The van der Waals surface area contributed by atoms with Crippen LogP contribution in [0.25, 0.3) is 22.3 Å². The molecule has 4 nitrogen and oxygen atoms in total. The fourth-order valence-corrected chi connectivity index (χ4v) is 6.63. The second-order valence-corrected chi connectivity index (χ2v) is 12.0. The van der Waals surface area contributed by atoms with E-state index in [1.165, 1.54) is 25.3 Å². The molecule has 0 unspecified atom stereocenters. The Bertz CT molecular complexity index is 1470. The second-order valence-electron chi connectivity index (χ2n) is 12.0. The van der Waals surface area contributed by atoms with Gasteiger partial charge in [0.1, 0.15) is 0 Å². The molecule has 4 aromatic rings. The standard InChI is InChI=1S/2C21H22O2.ClH/c2*1-23-21(22)20(18-10-6-3-7-11-18)19-14-12-17(13-15-19)16-8-4-2-5-9-16;/h2*2,4-6,8-10,12-15,18,20H,3,7,11H2,1H3;1H/t2*18-,20+;/m00./s1. The number of benzene rings is 4. The summed E-state index contributed by atoms with van der Waals surface area (Å²) in [6.07, 6.45) is 15.3. The van der Waals surface area contributed by atoms with Crippen LogP contribution in [0.2, 0.25) is 0 Å². The third-order valence-corrected chi connectivity index (χ3v) is 9.10. The van der Waals surface area contributed by atoms with Crippen molar-refractivity contribution in [1.29, 1.82) is 0 Å². The van der Waals surface area contributed by atoms with Gasteiger partial charge < -0.3 is 9.47 Å². The highest BCUT2D eigenvalue weighted by molar-refractivity contribution is 5.85. The van der Waals surface area contributed by atoms with Gasteiger partial charge in [-0.2, -0.15) is 0 Å². The first-order valence-corrected chi connectivity index (χ1v) is 16.4. The highest BCUT2D eigenvalue weighted by atomic mass is 35.5. The minimum atomic E-state index is -0.207. The van der Waals surface area contributed by atoms with Crippen LogP contribution in [0.15, 0.2) is 133 Å². The molecule has 47 heavy (non-hydrogen) atoms. The average Bonchev–Trinajstić information content (AvgIpc) is 3.14. The third kappa shape index (κ3) is 9.33. The molecule has 4 aromatic carbocycles. The van der Waals surface area contributed by atoms with E-state index >= 15 is 0 Å². The van der Waals surface area contributed by atoms with E-state index in [0.29, 0.717) is 0 Å². The largest absolute Gasteiger partial charge is 0.469 e. The Labute approximate surface area is 285 Å². The maximum Gasteiger partial charge on any atom is 0.313 e. The smallest absolute Gasteiger partial charge is 0.313 e. The van der Waals surface area contributed by atoms with E-state index in [4.69, 9.17) is 9.47 Å². The number of rotatable bonds is 8. The number of carbonyl (C=O) groups excluding carboxylic acids is 2. The highest BCUT2D eigenvalue weighted by Crippen LogP contribution is 2.36. The third-order valence-electron chi connectivity index (χ3n) is 9.10. The maximum atomic E-state index is 12.3. The summed E-state index contributed by atoms with van der Waals surface area (Å²) in [5.74, 6) is -0.233. The fourth-order valence-electron chi connectivity index (χ4n) is 6.63. The maximum absolute atomic E-state index is 12.3. The van der Waals surface area contributed by atoms with E-state index in [9.17, 15) is 9.59 Å². The van der Waals surface area contributed by atoms with Gasteiger partial charge in [-0.15, -0.1) is 12.4 Å². The molecule has 0 radical (unpaired) electrons. The normalized spacial score (nSPS) is 18.0. The van der Waals surface area contributed by atoms with Crippen molar-refractivity contribution in [1.82, 2.24) is 0 Å². The molecular formula is C42H45ClO4. The zero-order valence-corrected chi connectivity index (χ0v) is 28.1. The molecule has 5 heteroatoms. The van der Waals surface area contributed by atoms with Crippen LogP contribution in [0.3, 0.4) is 0 Å². The molecule has 2 aliphatic carbocycles. The van der Waals surface area contributed by atoms with Crippen LogP contribution < -0.4 is 0 Å². The van der Waals surface area contributed by atoms with Gasteiger partial charge in [-0.3, -0.25) is 9.59 Å². The zero-order chi connectivity index (χ0) is 32.1. The molecule has 0 N–H and O–H groups in total. The van der Waals surface area contributed by atoms with Crippen molar-refractivity contribution in [2.45, 2.75) is 50.4 Å². The molecule has 0 amide bonds. The van der Waals surface area contributed by atoms with E-state index in [1.54, 1.807) is 0 Å². The highest BCUT2D eigenvalue weighted by Gasteiger charge is 2.31. The lowest BCUT2D eigenvalue weighted by Crippen LogP contribution is -2.23.